The molecule has 0 saturated carbocycles. The topological polar surface area (TPSA) is 38.5 Å². The van der Waals surface area contributed by atoms with E-state index >= 15 is 0 Å². The van der Waals surface area contributed by atoms with Gasteiger partial charge in [0.25, 0.3) is 0 Å². The third kappa shape index (κ3) is 4.00. The van der Waals surface area contributed by atoms with Crippen molar-refractivity contribution in [3.8, 4) is 0 Å². The molecule has 3 heteroatoms. The standard InChI is InChI=1S/C15H26N2O/c1-5-12(2)17(10-11-18-4)13(3)14-6-8-15(16)9-7-14/h6-9,12-13H,5,10-11,16H2,1-4H3. The molecule has 1 aromatic carbocycles. The number of anilines is 1. The molecule has 0 bridgehead atoms. The molecule has 0 aliphatic heterocycles. The lowest BCUT2D eigenvalue weighted by atomic mass is 10.0. The highest BCUT2D eigenvalue weighted by Gasteiger charge is 2.19. The molecular formula is C15H26N2O. The Balaban J connectivity index is 2.80. The molecule has 0 aliphatic rings. The molecule has 1 aromatic rings. The van der Waals surface area contributed by atoms with Gasteiger partial charge in [0.05, 0.1) is 6.61 Å². The molecule has 0 radical (unpaired) electrons. The van der Waals surface area contributed by atoms with Gasteiger partial charge in [-0.25, -0.2) is 0 Å². The van der Waals surface area contributed by atoms with Gasteiger partial charge in [0.15, 0.2) is 0 Å². The van der Waals surface area contributed by atoms with Gasteiger partial charge in [0, 0.05) is 31.4 Å². The first-order valence-corrected chi connectivity index (χ1v) is 6.70. The third-order valence-electron chi connectivity index (χ3n) is 3.63. The van der Waals surface area contributed by atoms with E-state index in [1.54, 1.807) is 7.11 Å². The summed E-state index contributed by atoms with van der Waals surface area (Å²) in [6, 6.07) is 9.10. The first-order chi connectivity index (χ1) is 8.60. The van der Waals surface area contributed by atoms with E-state index in [-0.39, 0.29) is 0 Å². The molecule has 0 fully saturated rings. The molecule has 0 heterocycles. The van der Waals surface area contributed by atoms with Crippen LogP contribution in [0.25, 0.3) is 0 Å². The highest BCUT2D eigenvalue weighted by molar-refractivity contribution is 5.40. The zero-order valence-electron chi connectivity index (χ0n) is 12.0. The van der Waals surface area contributed by atoms with Crippen LogP contribution in [0.5, 0.6) is 0 Å². The van der Waals surface area contributed by atoms with Crippen molar-refractivity contribution in [1.82, 2.24) is 4.90 Å². The Morgan fingerprint density at radius 1 is 1.22 bits per heavy atom. The predicted octanol–water partition coefficient (Wildman–Crippen LogP) is 3.08. The van der Waals surface area contributed by atoms with Gasteiger partial charge in [-0.1, -0.05) is 19.1 Å². The van der Waals surface area contributed by atoms with Crippen LogP contribution in [0.2, 0.25) is 0 Å². The zero-order chi connectivity index (χ0) is 13.5. The minimum absolute atomic E-state index is 0.385. The number of hydrogen-bond donors (Lipinski definition) is 1. The van der Waals surface area contributed by atoms with E-state index in [0.717, 1.165) is 25.3 Å². The Morgan fingerprint density at radius 2 is 1.83 bits per heavy atom. The van der Waals surface area contributed by atoms with Gasteiger partial charge < -0.3 is 10.5 Å². The van der Waals surface area contributed by atoms with Crippen molar-refractivity contribution in [3.05, 3.63) is 29.8 Å². The molecule has 2 atom stereocenters. The summed E-state index contributed by atoms with van der Waals surface area (Å²) in [5.74, 6) is 0. The summed E-state index contributed by atoms with van der Waals surface area (Å²) in [4.78, 5) is 2.48. The van der Waals surface area contributed by atoms with Crippen molar-refractivity contribution in [2.45, 2.75) is 39.3 Å². The van der Waals surface area contributed by atoms with Crippen molar-refractivity contribution in [1.29, 1.82) is 0 Å². The van der Waals surface area contributed by atoms with Crippen molar-refractivity contribution in [2.24, 2.45) is 0 Å². The number of ether oxygens (including phenoxy) is 1. The minimum Gasteiger partial charge on any atom is -0.399 e. The number of nitrogens with zero attached hydrogens (tertiary/aromatic N) is 1. The summed E-state index contributed by atoms with van der Waals surface area (Å²) < 4.78 is 5.21. The van der Waals surface area contributed by atoms with Gasteiger partial charge >= 0.3 is 0 Å². The Hall–Kier alpha value is -1.06. The normalized spacial score (nSPS) is 14.7. The van der Waals surface area contributed by atoms with E-state index in [1.165, 1.54) is 5.56 Å². The molecule has 0 aromatic heterocycles. The number of hydrogen-bond acceptors (Lipinski definition) is 3. The summed E-state index contributed by atoms with van der Waals surface area (Å²) in [5, 5.41) is 0. The molecule has 0 amide bonds. The molecule has 2 unspecified atom stereocenters. The Labute approximate surface area is 111 Å². The second kappa shape index (κ2) is 7.39. The molecule has 18 heavy (non-hydrogen) atoms. The second-order valence-electron chi connectivity index (χ2n) is 4.83. The average Bonchev–Trinajstić information content (AvgIpc) is 2.39. The Morgan fingerprint density at radius 3 is 2.33 bits per heavy atom. The highest BCUT2D eigenvalue weighted by Crippen LogP contribution is 2.24. The number of rotatable bonds is 7. The smallest absolute Gasteiger partial charge is 0.0590 e. The summed E-state index contributed by atoms with van der Waals surface area (Å²) in [7, 11) is 1.75. The third-order valence-corrected chi connectivity index (χ3v) is 3.63. The largest absolute Gasteiger partial charge is 0.399 e. The molecule has 2 N–H and O–H groups in total. The average molecular weight is 250 g/mol. The van der Waals surface area contributed by atoms with Crippen LogP contribution in [-0.2, 0) is 4.74 Å². The summed E-state index contributed by atoms with van der Waals surface area (Å²) in [6.07, 6.45) is 1.14. The SMILES string of the molecule is CCC(C)N(CCOC)C(C)c1ccc(N)cc1. The van der Waals surface area contributed by atoms with Crippen LogP contribution >= 0.6 is 0 Å². The quantitative estimate of drug-likeness (QED) is 0.756. The maximum Gasteiger partial charge on any atom is 0.0590 e. The predicted molar refractivity (Wildman–Crippen MR) is 77.6 cm³/mol. The van der Waals surface area contributed by atoms with Crippen LogP contribution in [0.3, 0.4) is 0 Å². The Kier molecular flexibility index (Phi) is 6.16. The van der Waals surface area contributed by atoms with E-state index in [2.05, 4.69) is 37.8 Å². The molecule has 3 nitrogen and oxygen atoms in total. The van der Waals surface area contributed by atoms with Crippen LogP contribution in [0.4, 0.5) is 5.69 Å². The van der Waals surface area contributed by atoms with Gasteiger partial charge in [-0.15, -0.1) is 0 Å². The van der Waals surface area contributed by atoms with Gasteiger partial charge in [-0.05, 0) is 38.0 Å². The minimum atomic E-state index is 0.385. The Bertz CT molecular complexity index is 337. The maximum absolute atomic E-state index is 5.74. The molecule has 102 valence electrons. The fourth-order valence-electron chi connectivity index (χ4n) is 2.19. The van der Waals surface area contributed by atoms with Crippen molar-refractivity contribution < 1.29 is 4.74 Å². The summed E-state index contributed by atoms with van der Waals surface area (Å²) in [6.45, 7) is 8.46. The van der Waals surface area contributed by atoms with Crippen LogP contribution in [-0.4, -0.2) is 31.2 Å². The molecule has 1 rings (SSSR count). The zero-order valence-corrected chi connectivity index (χ0v) is 12.0. The van der Waals surface area contributed by atoms with Crippen molar-refractivity contribution >= 4 is 5.69 Å². The second-order valence-corrected chi connectivity index (χ2v) is 4.83. The van der Waals surface area contributed by atoms with E-state index in [1.807, 2.05) is 12.1 Å². The number of nitrogen functional groups attached to an aromatic ring is 1. The van der Waals surface area contributed by atoms with Gasteiger partial charge in [0.2, 0.25) is 0 Å². The lowest BCUT2D eigenvalue weighted by molar-refractivity contribution is 0.0940. The van der Waals surface area contributed by atoms with Gasteiger partial charge in [-0.2, -0.15) is 0 Å². The fourth-order valence-corrected chi connectivity index (χ4v) is 2.19. The molecule has 0 aliphatic carbocycles. The first-order valence-electron chi connectivity index (χ1n) is 6.70. The van der Waals surface area contributed by atoms with E-state index < -0.39 is 0 Å². The van der Waals surface area contributed by atoms with Crippen LogP contribution < -0.4 is 5.73 Å². The monoisotopic (exact) mass is 250 g/mol. The van der Waals surface area contributed by atoms with Gasteiger partial charge in [0.1, 0.15) is 0 Å². The van der Waals surface area contributed by atoms with Crippen LogP contribution in [0.15, 0.2) is 24.3 Å². The van der Waals surface area contributed by atoms with Gasteiger partial charge in [-0.3, -0.25) is 4.90 Å². The van der Waals surface area contributed by atoms with E-state index in [4.69, 9.17) is 10.5 Å². The molecular weight excluding hydrogens is 224 g/mol. The lowest BCUT2D eigenvalue weighted by Gasteiger charge is -2.34. The molecule has 0 saturated heterocycles. The number of benzene rings is 1. The van der Waals surface area contributed by atoms with E-state index in [9.17, 15) is 0 Å². The fraction of sp³-hybridized carbons (Fsp3) is 0.600. The summed E-state index contributed by atoms with van der Waals surface area (Å²) in [5.41, 5.74) is 7.86. The first kappa shape index (κ1) is 15.0. The maximum atomic E-state index is 5.74. The molecule has 0 spiro atoms. The number of nitrogens with two attached hydrogens (primary N) is 1. The van der Waals surface area contributed by atoms with Crippen molar-refractivity contribution in [2.75, 3.05) is 26.0 Å². The van der Waals surface area contributed by atoms with Crippen molar-refractivity contribution in [3.63, 3.8) is 0 Å². The number of methoxy groups -OCH3 is 1. The van der Waals surface area contributed by atoms with Crippen LogP contribution in [0, 0.1) is 0 Å². The van der Waals surface area contributed by atoms with E-state index in [0.29, 0.717) is 12.1 Å². The lowest BCUT2D eigenvalue weighted by Crippen LogP contribution is -2.37. The summed E-state index contributed by atoms with van der Waals surface area (Å²) >= 11 is 0. The highest BCUT2D eigenvalue weighted by atomic mass is 16.5. The van der Waals surface area contributed by atoms with Crippen LogP contribution in [0.1, 0.15) is 38.8 Å².